The van der Waals surface area contributed by atoms with E-state index in [2.05, 4.69) is 148 Å². The average molecular weight is 1060 g/mol. The molecule has 0 bridgehead atoms. The van der Waals surface area contributed by atoms with E-state index < -0.39 is 0 Å². The van der Waals surface area contributed by atoms with E-state index in [-0.39, 0.29) is 20.1 Å². The summed E-state index contributed by atoms with van der Waals surface area (Å²) in [5.74, 6) is 0. The van der Waals surface area contributed by atoms with Gasteiger partial charge in [-0.2, -0.15) is 10.5 Å². The first-order valence-corrected chi connectivity index (χ1v) is 22.7. The summed E-state index contributed by atoms with van der Waals surface area (Å²) in [4.78, 5) is 13.7. The second-order valence-corrected chi connectivity index (χ2v) is 16.7. The largest absolute Gasteiger partial charge is 3.00 e. The SMILES string of the molecule is N#Cc1ccc(-c2ccc(-c3cc(-c4ccccn4)[c-]cc3-c3ccccc3-c3cc(CCc4c[c-]c(-c5ccccn5)cc4)cc(CCc4c[c-]c(-c5ccccn5)cc4)c3)cc2)c(C#N)c1.[Ir+3]. The fraction of sp³-hybridized carbons (Fsp3) is 0.0635. The minimum atomic E-state index is 0. The normalized spacial score (nSPS) is 10.7. The van der Waals surface area contributed by atoms with Gasteiger partial charge >= 0.3 is 20.1 Å². The molecule has 0 unspecified atom stereocenters. The molecule has 0 amide bonds. The molecule has 7 aromatic carbocycles. The molecule has 0 N–H and O–H groups in total. The Morgan fingerprint density at radius 3 is 1.38 bits per heavy atom. The number of nitriles is 2. The molecule has 3 heterocycles. The molecule has 0 spiro atoms. The number of benzene rings is 7. The van der Waals surface area contributed by atoms with Crippen molar-refractivity contribution in [1.82, 2.24) is 15.0 Å². The first-order valence-electron chi connectivity index (χ1n) is 22.7. The van der Waals surface area contributed by atoms with Crippen LogP contribution in [0.1, 0.15) is 33.4 Å². The van der Waals surface area contributed by atoms with Crippen molar-refractivity contribution in [3.63, 3.8) is 0 Å². The molecular formula is C63H42IrN5. The van der Waals surface area contributed by atoms with Crippen LogP contribution in [0.2, 0.25) is 0 Å². The van der Waals surface area contributed by atoms with Gasteiger partial charge in [-0.25, -0.2) is 0 Å². The quantitative estimate of drug-likeness (QED) is 0.107. The second kappa shape index (κ2) is 21.5. The molecule has 0 saturated heterocycles. The van der Waals surface area contributed by atoms with Crippen molar-refractivity contribution in [2.45, 2.75) is 25.7 Å². The first kappa shape index (κ1) is 45.8. The van der Waals surface area contributed by atoms with Gasteiger partial charge in [0.05, 0.1) is 23.3 Å². The van der Waals surface area contributed by atoms with Crippen LogP contribution in [-0.2, 0) is 45.8 Å². The van der Waals surface area contributed by atoms with Gasteiger partial charge in [-0.15, -0.1) is 94.5 Å². The molecule has 0 aliphatic carbocycles. The van der Waals surface area contributed by atoms with E-state index >= 15 is 0 Å². The number of aromatic nitrogens is 3. The van der Waals surface area contributed by atoms with E-state index in [1.165, 1.54) is 22.3 Å². The summed E-state index contributed by atoms with van der Waals surface area (Å²) in [7, 11) is 0. The van der Waals surface area contributed by atoms with Crippen LogP contribution in [0.5, 0.6) is 0 Å². The monoisotopic (exact) mass is 1060 g/mol. The van der Waals surface area contributed by atoms with Gasteiger partial charge in [-0.1, -0.05) is 139 Å². The van der Waals surface area contributed by atoms with Crippen LogP contribution >= 0.6 is 0 Å². The fourth-order valence-electron chi connectivity index (χ4n) is 8.75. The van der Waals surface area contributed by atoms with Crippen molar-refractivity contribution >= 4 is 0 Å². The summed E-state index contributed by atoms with van der Waals surface area (Å²) in [6.07, 6.45) is 8.91. The number of hydrogen-bond donors (Lipinski definition) is 0. The fourth-order valence-corrected chi connectivity index (χ4v) is 8.75. The van der Waals surface area contributed by atoms with Crippen molar-refractivity contribution in [2.75, 3.05) is 0 Å². The van der Waals surface area contributed by atoms with Crippen LogP contribution in [-0.4, -0.2) is 15.0 Å². The molecule has 0 atom stereocenters. The van der Waals surface area contributed by atoms with Crippen molar-refractivity contribution in [2.24, 2.45) is 0 Å². The number of pyridine rings is 3. The van der Waals surface area contributed by atoms with Gasteiger partial charge in [0.1, 0.15) is 0 Å². The third-order valence-electron chi connectivity index (χ3n) is 12.3. The first-order chi connectivity index (χ1) is 33.6. The Kier molecular flexibility index (Phi) is 14.3. The number of rotatable bonds is 13. The van der Waals surface area contributed by atoms with E-state index in [4.69, 9.17) is 0 Å². The maximum Gasteiger partial charge on any atom is 3.00 e. The molecule has 5 nitrogen and oxygen atoms in total. The van der Waals surface area contributed by atoms with Crippen LogP contribution in [0.4, 0.5) is 0 Å². The van der Waals surface area contributed by atoms with Crippen LogP contribution in [0.25, 0.3) is 78.3 Å². The van der Waals surface area contributed by atoms with Gasteiger partial charge < -0.3 is 15.0 Å². The summed E-state index contributed by atoms with van der Waals surface area (Å²) in [5.41, 5.74) is 19.6. The molecule has 0 fully saturated rings. The molecule has 0 radical (unpaired) electrons. The van der Waals surface area contributed by atoms with Crippen molar-refractivity contribution in [3.8, 4) is 90.4 Å². The van der Waals surface area contributed by atoms with E-state index in [1.807, 2.05) is 85.2 Å². The van der Waals surface area contributed by atoms with Gasteiger partial charge in [-0.05, 0) is 99.2 Å². The van der Waals surface area contributed by atoms with Crippen LogP contribution < -0.4 is 0 Å². The Labute approximate surface area is 417 Å². The molecule has 3 aromatic heterocycles. The maximum atomic E-state index is 9.97. The third-order valence-corrected chi connectivity index (χ3v) is 12.3. The summed E-state index contributed by atoms with van der Waals surface area (Å²) >= 11 is 0. The molecule has 0 aliphatic heterocycles. The van der Waals surface area contributed by atoms with Crippen LogP contribution in [0.15, 0.2) is 207 Å². The third kappa shape index (κ3) is 10.6. The zero-order chi connectivity index (χ0) is 46.1. The zero-order valence-corrected chi connectivity index (χ0v) is 39.9. The Morgan fingerprint density at radius 1 is 0.362 bits per heavy atom. The van der Waals surface area contributed by atoms with Crippen LogP contribution in [0, 0.1) is 40.9 Å². The van der Waals surface area contributed by atoms with Gasteiger partial charge in [0.15, 0.2) is 0 Å². The van der Waals surface area contributed by atoms with Gasteiger partial charge in [0, 0.05) is 18.6 Å². The summed E-state index contributed by atoms with van der Waals surface area (Å²) in [6.45, 7) is 0. The van der Waals surface area contributed by atoms with Gasteiger partial charge in [-0.3, -0.25) is 0 Å². The van der Waals surface area contributed by atoms with Crippen molar-refractivity contribution in [3.05, 3.63) is 258 Å². The zero-order valence-electron chi connectivity index (χ0n) is 37.5. The smallest absolute Gasteiger partial charge is 0.305 e. The minimum Gasteiger partial charge on any atom is -0.305 e. The topological polar surface area (TPSA) is 86.2 Å². The number of hydrogen-bond acceptors (Lipinski definition) is 5. The van der Waals surface area contributed by atoms with Crippen molar-refractivity contribution in [1.29, 1.82) is 10.5 Å². The minimum absolute atomic E-state index is 0. The molecule has 10 rings (SSSR count). The van der Waals surface area contributed by atoms with E-state index in [1.54, 1.807) is 18.3 Å². The Bertz CT molecular complexity index is 3330. The molecule has 0 saturated carbocycles. The van der Waals surface area contributed by atoms with Gasteiger partial charge in [0.2, 0.25) is 0 Å². The number of aryl methyl sites for hydroxylation is 4. The standard InChI is InChI=1S/C63H42N5.Ir/c64-42-48-22-32-56(55(40-48)43-65)49-27-29-50(30-28-49)60-41-53(63-13-5-8-36-68-63)31-33-59(60)58-10-2-1-9-57(58)54-38-46(16-14-44-18-23-51(24-19-44)61-11-3-6-34-66-61)37-47(39-54)17-15-45-20-25-52(26-21-45)62-12-4-7-35-67-62;/h1-13,18-23,25,27-30,32-41H,14-17H2;/q-3;+3. The van der Waals surface area contributed by atoms with Crippen molar-refractivity contribution < 1.29 is 20.1 Å². The number of nitrogens with zero attached hydrogens (tertiary/aromatic N) is 5. The molecule has 0 aliphatic rings. The molecule has 10 aromatic rings. The average Bonchev–Trinajstić information content (AvgIpc) is 3.42. The Morgan fingerprint density at radius 2 is 0.870 bits per heavy atom. The Balaban J connectivity index is 0.00000593. The van der Waals surface area contributed by atoms with Gasteiger partial charge in [0.25, 0.3) is 0 Å². The molecule has 328 valence electrons. The van der Waals surface area contributed by atoms with Crippen LogP contribution in [0.3, 0.4) is 0 Å². The van der Waals surface area contributed by atoms with E-state index in [0.29, 0.717) is 11.1 Å². The predicted molar refractivity (Wildman–Crippen MR) is 272 cm³/mol. The van der Waals surface area contributed by atoms with E-state index in [0.717, 1.165) is 104 Å². The predicted octanol–water partition coefficient (Wildman–Crippen LogP) is 14.3. The molecule has 69 heavy (non-hydrogen) atoms. The molecular weight excluding hydrogens is 1020 g/mol. The maximum absolute atomic E-state index is 9.97. The Hall–Kier alpha value is -8.38. The summed E-state index contributed by atoms with van der Waals surface area (Å²) < 4.78 is 0. The van der Waals surface area contributed by atoms with E-state index in [9.17, 15) is 10.5 Å². The second-order valence-electron chi connectivity index (χ2n) is 16.7. The molecule has 6 heteroatoms. The summed E-state index contributed by atoms with van der Waals surface area (Å²) in [6, 6.07) is 79.2. The summed E-state index contributed by atoms with van der Waals surface area (Å²) in [5, 5.41) is 19.4.